The summed E-state index contributed by atoms with van der Waals surface area (Å²) in [7, 11) is 0. The summed E-state index contributed by atoms with van der Waals surface area (Å²) >= 11 is 0. The Hall–Kier alpha value is -8.67. The van der Waals surface area contributed by atoms with Gasteiger partial charge in [0.05, 0.1) is 28.1 Å². The number of ether oxygens (including phenoxy) is 1. The maximum atomic E-state index is 7.20. The molecule has 0 N–H and O–H groups in total. The Kier molecular flexibility index (Phi) is 11.0. The second kappa shape index (κ2) is 18.2. The predicted octanol–water partition coefficient (Wildman–Crippen LogP) is 18.0. The van der Waals surface area contributed by atoms with Crippen LogP contribution in [0.1, 0.15) is 53.5 Å². The SMILES string of the molecule is Cc1cc(C)c(-c2cc(Oc3ccc4c5ccccc5n(-c5cc(C6(c7ccccc7)CCCC6)ccn5)c4c3)cc(N3CN(c4c(-c5ccccc5)cccc4-c4ccccc4)c4ccccc43)c2)c(C)c1. The quantitative estimate of drug-likeness (QED) is 0.137. The first-order valence-electron chi connectivity index (χ1n) is 25.7. The van der Waals surface area contributed by atoms with Gasteiger partial charge in [-0.1, -0.05) is 170 Å². The van der Waals surface area contributed by atoms with E-state index >= 15 is 0 Å². The van der Waals surface area contributed by atoms with E-state index in [2.05, 4.69) is 254 Å². The molecule has 354 valence electrons. The van der Waals surface area contributed by atoms with Crippen LogP contribution in [-0.2, 0) is 5.41 Å². The molecule has 1 aliphatic heterocycles. The second-order valence-electron chi connectivity index (χ2n) is 20.1. The van der Waals surface area contributed by atoms with E-state index in [0.717, 1.165) is 69.2 Å². The summed E-state index contributed by atoms with van der Waals surface area (Å²) in [5.41, 5.74) is 20.2. The largest absolute Gasteiger partial charge is 0.457 e. The van der Waals surface area contributed by atoms with E-state index < -0.39 is 0 Å². The van der Waals surface area contributed by atoms with Gasteiger partial charge in [-0.25, -0.2) is 4.98 Å². The number of aromatic nitrogens is 2. The van der Waals surface area contributed by atoms with Gasteiger partial charge in [0.25, 0.3) is 0 Å². The number of pyridine rings is 1. The third kappa shape index (κ3) is 7.75. The minimum Gasteiger partial charge on any atom is -0.457 e. The number of para-hydroxylation sites is 4. The van der Waals surface area contributed by atoms with Gasteiger partial charge in [-0.15, -0.1) is 0 Å². The third-order valence-corrected chi connectivity index (χ3v) is 15.6. The lowest BCUT2D eigenvalue weighted by Crippen LogP contribution is -2.25. The first kappa shape index (κ1) is 44.3. The highest BCUT2D eigenvalue weighted by Crippen LogP contribution is 2.52. The van der Waals surface area contributed by atoms with Crippen LogP contribution in [-0.4, -0.2) is 16.2 Å². The lowest BCUT2D eigenvalue weighted by atomic mass is 9.73. The van der Waals surface area contributed by atoms with Crippen molar-refractivity contribution in [1.82, 2.24) is 9.55 Å². The maximum absolute atomic E-state index is 7.20. The fourth-order valence-electron chi connectivity index (χ4n) is 12.5. The predicted molar refractivity (Wildman–Crippen MR) is 303 cm³/mol. The van der Waals surface area contributed by atoms with Crippen LogP contribution < -0.4 is 14.5 Å². The Balaban J connectivity index is 0.946. The van der Waals surface area contributed by atoms with Crippen LogP contribution in [0.15, 0.2) is 225 Å². The van der Waals surface area contributed by atoms with Gasteiger partial charge >= 0.3 is 0 Å². The van der Waals surface area contributed by atoms with E-state index in [1.54, 1.807) is 0 Å². The Morgan fingerprint density at radius 3 is 1.78 bits per heavy atom. The van der Waals surface area contributed by atoms with Gasteiger partial charge < -0.3 is 14.5 Å². The summed E-state index contributed by atoms with van der Waals surface area (Å²) in [4.78, 5) is 10.1. The fourth-order valence-corrected chi connectivity index (χ4v) is 12.5. The number of hydrogen-bond acceptors (Lipinski definition) is 4. The zero-order valence-corrected chi connectivity index (χ0v) is 41.6. The molecule has 1 saturated carbocycles. The zero-order valence-electron chi connectivity index (χ0n) is 41.6. The molecule has 2 aromatic heterocycles. The first-order valence-corrected chi connectivity index (χ1v) is 25.7. The van der Waals surface area contributed by atoms with Crippen LogP contribution in [0.5, 0.6) is 11.5 Å². The Morgan fingerprint density at radius 1 is 0.466 bits per heavy atom. The lowest BCUT2D eigenvalue weighted by molar-refractivity contribution is 0.483. The van der Waals surface area contributed by atoms with E-state index in [-0.39, 0.29) is 5.41 Å². The van der Waals surface area contributed by atoms with E-state index in [1.165, 1.54) is 79.5 Å². The summed E-state index contributed by atoms with van der Waals surface area (Å²) in [6.07, 6.45) is 6.70. The number of aryl methyl sites for hydroxylation is 3. The van der Waals surface area contributed by atoms with Crippen molar-refractivity contribution in [3.8, 4) is 50.7 Å². The van der Waals surface area contributed by atoms with Crippen molar-refractivity contribution in [3.05, 3.63) is 252 Å². The molecule has 0 saturated heterocycles. The molecule has 3 heterocycles. The van der Waals surface area contributed by atoms with Crippen LogP contribution in [0.25, 0.3) is 61.0 Å². The van der Waals surface area contributed by atoms with Gasteiger partial charge in [0.1, 0.15) is 24.0 Å². The second-order valence-corrected chi connectivity index (χ2v) is 20.1. The molecule has 11 aromatic rings. The molecule has 0 amide bonds. The summed E-state index contributed by atoms with van der Waals surface area (Å²) in [5.74, 6) is 2.45. The molecule has 2 aliphatic rings. The number of benzene rings is 9. The van der Waals surface area contributed by atoms with Gasteiger partial charge in [0, 0.05) is 51.3 Å². The van der Waals surface area contributed by atoms with Crippen molar-refractivity contribution in [2.24, 2.45) is 0 Å². The van der Waals surface area contributed by atoms with E-state index in [9.17, 15) is 0 Å². The average molecular weight is 945 g/mol. The molecule has 0 unspecified atom stereocenters. The van der Waals surface area contributed by atoms with Crippen molar-refractivity contribution < 1.29 is 4.74 Å². The minimum atomic E-state index is -0.0365. The standard InChI is InChI=1S/C68H56N4O/c1-46-38-47(2)66(48(3)39-46)51-40-54(70-45-71(63-31-16-15-30-62(63)70)67-57(49-20-7-4-8-21-49)27-19-28-58(67)50-22-9-5-10-23-50)43-56(41-51)73-55-32-33-60-59-26-13-14-29-61(59)72(64(60)44-55)65-42-53(34-37-69-65)68(35-17-18-36-68)52-24-11-6-12-25-52/h4-16,19-34,37-44H,17-18,35-36,45H2,1-3H3. The average Bonchev–Trinajstić information content (AvgIpc) is 4.17. The maximum Gasteiger partial charge on any atom is 0.137 e. The van der Waals surface area contributed by atoms with E-state index in [4.69, 9.17) is 9.72 Å². The monoisotopic (exact) mass is 944 g/mol. The summed E-state index contributed by atoms with van der Waals surface area (Å²) in [6, 6.07) is 79.4. The van der Waals surface area contributed by atoms with Crippen LogP contribution in [0.2, 0.25) is 0 Å². The van der Waals surface area contributed by atoms with Crippen LogP contribution >= 0.6 is 0 Å². The molecular formula is C68H56N4O. The number of rotatable bonds is 10. The highest BCUT2D eigenvalue weighted by atomic mass is 16.5. The smallest absolute Gasteiger partial charge is 0.137 e. The fraction of sp³-hybridized carbons (Fsp3) is 0.132. The molecule has 0 bridgehead atoms. The van der Waals surface area contributed by atoms with Gasteiger partial charge in [0.2, 0.25) is 0 Å². The molecule has 73 heavy (non-hydrogen) atoms. The van der Waals surface area contributed by atoms with E-state index in [0.29, 0.717) is 6.67 Å². The molecule has 0 spiro atoms. The summed E-state index contributed by atoms with van der Waals surface area (Å²) in [6.45, 7) is 7.23. The molecule has 1 aliphatic carbocycles. The summed E-state index contributed by atoms with van der Waals surface area (Å²) in [5, 5.41) is 2.35. The molecule has 0 atom stereocenters. The highest BCUT2D eigenvalue weighted by Gasteiger charge is 2.38. The highest BCUT2D eigenvalue weighted by molar-refractivity contribution is 6.09. The normalized spacial score (nSPS) is 14.0. The van der Waals surface area contributed by atoms with Crippen molar-refractivity contribution in [2.75, 3.05) is 16.5 Å². The van der Waals surface area contributed by atoms with Gasteiger partial charge in [-0.05, 0) is 133 Å². The molecule has 9 aromatic carbocycles. The van der Waals surface area contributed by atoms with Crippen LogP contribution in [0.4, 0.5) is 22.7 Å². The number of fused-ring (bicyclic) bond motifs is 4. The molecule has 13 rings (SSSR count). The molecule has 5 nitrogen and oxygen atoms in total. The summed E-state index contributed by atoms with van der Waals surface area (Å²) < 4.78 is 9.53. The molecule has 5 heteroatoms. The van der Waals surface area contributed by atoms with Gasteiger partial charge in [0.15, 0.2) is 0 Å². The van der Waals surface area contributed by atoms with Crippen molar-refractivity contribution in [1.29, 1.82) is 0 Å². The van der Waals surface area contributed by atoms with Crippen molar-refractivity contribution >= 4 is 44.6 Å². The Morgan fingerprint density at radius 2 is 1.08 bits per heavy atom. The number of nitrogens with zero attached hydrogens (tertiary/aromatic N) is 4. The van der Waals surface area contributed by atoms with Crippen molar-refractivity contribution in [3.63, 3.8) is 0 Å². The van der Waals surface area contributed by atoms with Gasteiger partial charge in [-0.3, -0.25) is 4.57 Å². The number of anilines is 4. The Labute approximate surface area is 428 Å². The van der Waals surface area contributed by atoms with E-state index in [1.807, 2.05) is 6.20 Å². The molecular weight excluding hydrogens is 889 g/mol. The van der Waals surface area contributed by atoms with Gasteiger partial charge in [-0.2, -0.15) is 0 Å². The van der Waals surface area contributed by atoms with Crippen LogP contribution in [0, 0.1) is 20.8 Å². The van der Waals surface area contributed by atoms with Crippen LogP contribution in [0.3, 0.4) is 0 Å². The topological polar surface area (TPSA) is 33.5 Å². The minimum absolute atomic E-state index is 0.0365. The Bertz CT molecular complexity index is 3770. The first-order chi connectivity index (χ1) is 35.9. The lowest BCUT2D eigenvalue weighted by Gasteiger charge is -2.31. The molecule has 1 fully saturated rings. The molecule has 0 radical (unpaired) electrons. The van der Waals surface area contributed by atoms with Crippen molar-refractivity contribution in [2.45, 2.75) is 51.9 Å². The third-order valence-electron chi connectivity index (χ3n) is 15.6. The number of hydrogen-bond donors (Lipinski definition) is 0. The zero-order chi connectivity index (χ0) is 49.0.